The molecule has 0 saturated carbocycles. The molecule has 0 amide bonds. The molecule has 102 valence electrons. The van der Waals surface area contributed by atoms with Crippen LogP contribution >= 0.6 is 34.8 Å². The maximum Gasteiger partial charge on any atom is 0.242 e. The van der Waals surface area contributed by atoms with Crippen LogP contribution in [-0.4, -0.2) is 15.0 Å². The Morgan fingerprint density at radius 1 is 1.06 bits per heavy atom. The van der Waals surface area contributed by atoms with Crippen LogP contribution < -0.4 is 4.72 Å². The second-order valence-electron chi connectivity index (χ2n) is 3.80. The van der Waals surface area contributed by atoms with Crippen LogP contribution in [-0.2, 0) is 10.0 Å². The van der Waals surface area contributed by atoms with Crippen LogP contribution in [0.15, 0.2) is 17.0 Å². The molecule has 0 aromatic heterocycles. The standard InChI is InChI=1S/C11H14Cl3NO2S/c1-2-3-4-5-15-18(16,17)11-7-9(13)8(12)6-10(11)14/h6-7,15H,2-5H2,1H3. The number of halogens is 3. The molecule has 0 fully saturated rings. The molecule has 0 spiro atoms. The SMILES string of the molecule is CCCCCNS(=O)(=O)c1cc(Cl)c(Cl)cc1Cl. The van der Waals surface area contributed by atoms with Crippen molar-refractivity contribution in [3.8, 4) is 0 Å². The van der Waals surface area contributed by atoms with Crippen LogP contribution in [0.3, 0.4) is 0 Å². The van der Waals surface area contributed by atoms with Gasteiger partial charge in [-0.05, 0) is 18.6 Å². The van der Waals surface area contributed by atoms with E-state index in [9.17, 15) is 8.42 Å². The van der Waals surface area contributed by atoms with Crippen LogP contribution in [0.5, 0.6) is 0 Å². The molecule has 0 bridgehead atoms. The average molecular weight is 331 g/mol. The number of nitrogens with one attached hydrogen (secondary N) is 1. The van der Waals surface area contributed by atoms with Gasteiger partial charge >= 0.3 is 0 Å². The monoisotopic (exact) mass is 329 g/mol. The molecule has 0 radical (unpaired) electrons. The largest absolute Gasteiger partial charge is 0.242 e. The van der Waals surface area contributed by atoms with Gasteiger partial charge in [-0.1, -0.05) is 54.6 Å². The smallest absolute Gasteiger partial charge is 0.211 e. The summed E-state index contributed by atoms with van der Waals surface area (Å²) in [6.07, 6.45) is 2.78. The summed E-state index contributed by atoms with van der Waals surface area (Å²) in [5.41, 5.74) is 0. The maximum absolute atomic E-state index is 12.0. The minimum absolute atomic E-state index is 0.0462. The topological polar surface area (TPSA) is 46.2 Å². The Balaban J connectivity index is 2.88. The van der Waals surface area contributed by atoms with Gasteiger partial charge < -0.3 is 0 Å². The lowest BCUT2D eigenvalue weighted by atomic mass is 10.3. The number of rotatable bonds is 6. The molecule has 1 aromatic carbocycles. The third kappa shape index (κ3) is 4.28. The summed E-state index contributed by atoms with van der Waals surface area (Å²) in [6, 6.07) is 2.58. The highest BCUT2D eigenvalue weighted by molar-refractivity contribution is 7.89. The second kappa shape index (κ2) is 6.96. The van der Waals surface area contributed by atoms with Crippen molar-refractivity contribution in [2.45, 2.75) is 31.1 Å². The van der Waals surface area contributed by atoms with Gasteiger partial charge in [-0.3, -0.25) is 0 Å². The van der Waals surface area contributed by atoms with Crippen molar-refractivity contribution in [2.75, 3.05) is 6.54 Å². The average Bonchev–Trinajstić information content (AvgIpc) is 2.29. The van der Waals surface area contributed by atoms with E-state index in [1.54, 1.807) is 0 Å². The molecule has 1 rings (SSSR count). The van der Waals surface area contributed by atoms with Crippen LogP contribution in [0.2, 0.25) is 15.1 Å². The fourth-order valence-corrected chi connectivity index (χ4v) is 3.44. The maximum atomic E-state index is 12.0. The van der Waals surface area contributed by atoms with Crippen LogP contribution in [0.25, 0.3) is 0 Å². The first kappa shape index (κ1) is 16.1. The van der Waals surface area contributed by atoms with E-state index in [0.29, 0.717) is 6.54 Å². The zero-order valence-electron chi connectivity index (χ0n) is 9.84. The minimum Gasteiger partial charge on any atom is -0.211 e. The highest BCUT2D eigenvalue weighted by Crippen LogP contribution is 2.31. The molecule has 0 aliphatic heterocycles. The Kier molecular flexibility index (Phi) is 6.21. The molecule has 0 atom stereocenters. The minimum atomic E-state index is -3.64. The number of hydrogen-bond acceptors (Lipinski definition) is 2. The lowest BCUT2D eigenvalue weighted by Crippen LogP contribution is -2.25. The number of sulfonamides is 1. The Hall–Kier alpha value is -0.000000000000000111. The first-order valence-corrected chi connectivity index (χ1v) is 8.14. The van der Waals surface area contributed by atoms with E-state index in [-0.39, 0.29) is 20.0 Å². The fraction of sp³-hybridized carbons (Fsp3) is 0.455. The molecule has 1 N–H and O–H groups in total. The van der Waals surface area contributed by atoms with Gasteiger partial charge in [0.05, 0.1) is 15.1 Å². The predicted molar refractivity (Wildman–Crippen MR) is 76.2 cm³/mol. The fourth-order valence-electron chi connectivity index (χ4n) is 1.37. The molecule has 18 heavy (non-hydrogen) atoms. The van der Waals surface area contributed by atoms with Crippen molar-refractivity contribution >= 4 is 44.8 Å². The van der Waals surface area contributed by atoms with E-state index in [2.05, 4.69) is 4.72 Å². The molecule has 1 aromatic rings. The number of hydrogen-bond donors (Lipinski definition) is 1. The highest BCUT2D eigenvalue weighted by Gasteiger charge is 2.19. The summed E-state index contributed by atoms with van der Waals surface area (Å²) in [6.45, 7) is 2.43. The first-order valence-electron chi connectivity index (χ1n) is 5.52. The van der Waals surface area contributed by atoms with Crippen LogP contribution in [0, 0.1) is 0 Å². The Morgan fingerprint density at radius 2 is 1.67 bits per heavy atom. The number of unbranched alkanes of at least 4 members (excludes halogenated alkanes) is 2. The summed E-state index contributed by atoms with van der Waals surface area (Å²) >= 11 is 17.4. The quantitative estimate of drug-likeness (QED) is 0.630. The van der Waals surface area contributed by atoms with Gasteiger partial charge in [0.1, 0.15) is 4.90 Å². The summed E-state index contributed by atoms with van der Waals surface area (Å²) in [5.74, 6) is 0. The highest BCUT2D eigenvalue weighted by atomic mass is 35.5. The summed E-state index contributed by atoms with van der Waals surface area (Å²) in [7, 11) is -3.64. The van der Waals surface area contributed by atoms with E-state index in [4.69, 9.17) is 34.8 Å². The van der Waals surface area contributed by atoms with Gasteiger partial charge in [0, 0.05) is 6.54 Å². The molecule has 3 nitrogen and oxygen atoms in total. The molecule has 0 aliphatic rings. The van der Waals surface area contributed by atoms with Gasteiger partial charge in [0.15, 0.2) is 0 Å². The molecular weight excluding hydrogens is 317 g/mol. The van der Waals surface area contributed by atoms with Crippen LogP contribution in [0.1, 0.15) is 26.2 Å². The summed E-state index contributed by atoms with van der Waals surface area (Å²) in [5, 5.41) is 0.453. The molecule has 0 unspecified atom stereocenters. The van der Waals surface area contributed by atoms with E-state index in [1.807, 2.05) is 6.92 Å². The second-order valence-corrected chi connectivity index (χ2v) is 6.76. The van der Waals surface area contributed by atoms with Crippen molar-refractivity contribution in [1.29, 1.82) is 0 Å². The predicted octanol–water partition coefficient (Wildman–Crippen LogP) is 4.12. The molecule has 7 heteroatoms. The lowest BCUT2D eigenvalue weighted by Gasteiger charge is -2.09. The molecule has 0 saturated heterocycles. The third-order valence-electron chi connectivity index (χ3n) is 2.34. The van der Waals surface area contributed by atoms with E-state index in [1.165, 1.54) is 12.1 Å². The van der Waals surface area contributed by atoms with E-state index < -0.39 is 10.0 Å². The Morgan fingerprint density at radius 3 is 2.28 bits per heavy atom. The summed E-state index contributed by atoms with van der Waals surface area (Å²) < 4.78 is 26.4. The van der Waals surface area contributed by atoms with Crippen molar-refractivity contribution < 1.29 is 8.42 Å². The van der Waals surface area contributed by atoms with Crippen molar-refractivity contribution in [2.24, 2.45) is 0 Å². The van der Waals surface area contributed by atoms with Gasteiger partial charge in [-0.25, -0.2) is 13.1 Å². The van der Waals surface area contributed by atoms with Crippen molar-refractivity contribution in [3.63, 3.8) is 0 Å². The van der Waals surface area contributed by atoms with Gasteiger partial charge in [0.25, 0.3) is 0 Å². The van der Waals surface area contributed by atoms with E-state index in [0.717, 1.165) is 19.3 Å². The van der Waals surface area contributed by atoms with Gasteiger partial charge in [-0.15, -0.1) is 0 Å². The Bertz CT molecular complexity index is 517. The molecule has 0 heterocycles. The molecule has 0 aliphatic carbocycles. The zero-order valence-corrected chi connectivity index (χ0v) is 12.9. The summed E-state index contributed by atoms with van der Waals surface area (Å²) in [4.78, 5) is -0.0462. The Labute approximate surface area is 122 Å². The van der Waals surface area contributed by atoms with Crippen molar-refractivity contribution in [1.82, 2.24) is 4.72 Å². The van der Waals surface area contributed by atoms with Gasteiger partial charge in [-0.2, -0.15) is 0 Å². The van der Waals surface area contributed by atoms with Gasteiger partial charge in [0.2, 0.25) is 10.0 Å². The third-order valence-corrected chi connectivity index (χ3v) is 4.98. The zero-order chi connectivity index (χ0) is 13.8. The van der Waals surface area contributed by atoms with Crippen LogP contribution in [0.4, 0.5) is 0 Å². The number of benzene rings is 1. The molecular formula is C11H14Cl3NO2S. The lowest BCUT2D eigenvalue weighted by molar-refractivity contribution is 0.576. The van der Waals surface area contributed by atoms with Crippen molar-refractivity contribution in [3.05, 3.63) is 27.2 Å². The van der Waals surface area contributed by atoms with E-state index >= 15 is 0 Å². The first-order chi connectivity index (χ1) is 8.38. The normalized spacial score (nSPS) is 11.8.